The van der Waals surface area contributed by atoms with Gasteiger partial charge >= 0.3 is 33.0 Å². The van der Waals surface area contributed by atoms with Crippen molar-refractivity contribution in [2.75, 3.05) is 39.2 Å². The Morgan fingerprint density at radius 2 is 1.16 bits per heavy atom. The molecule has 0 saturated carbocycles. The minimum Gasteiger partial charge on any atom is -0.399 e. The van der Waals surface area contributed by atoms with Gasteiger partial charge in [-0.25, -0.2) is 9.80 Å². The highest BCUT2D eigenvalue weighted by Gasteiger charge is 2.31. The van der Waals surface area contributed by atoms with E-state index in [0.717, 1.165) is 5.56 Å². The molecule has 0 aliphatic carbocycles. The first kappa shape index (κ1) is 29.1. The zero-order chi connectivity index (χ0) is 24.1. The van der Waals surface area contributed by atoms with E-state index < -0.39 is 66.0 Å². The monoisotopic (exact) mass is 537 g/mol. The van der Waals surface area contributed by atoms with Crippen molar-refractivity contribution in [2.45, 2.75) is 12.5 Å². The molecular formula is C13H23N3O12P4+4. The van der Waals surface area contributed by atoms with Gasteiger partial charge in [0.1, 0.15) is 0 Å². The van der Waals surface area contributed by atoms with Gasteiger partial charge in [0.2, 0.25) is 0 Å². The Bertz CT molecular complexity index is 750. The highest BCUT2D eigenvalue weighted by atomic mass is 31.1. The van der Waals surface area contributed by atoms with E-state index in [1.54, 1.807) is 24.3 Å². The molecule has 6 N–H and O–H groups in total. The van der Waals surface area contributed by atoms with Crippen molar-refractivity contribution in [3.05, 3.63) is 29.8 Å². The minimum absolute atomic E-state index is 0.0755. The summed E-state index contributed by atoms with van der Waals surface area (Å²) in [5.41, 5.74) is 6.92. The molecule has 0 fully saturated rings. The van der Waals surface area contributed by atoms with Crippen molar-refractivity contribution in [3.63, 3.8) is 0 Å². The lowest BCUT2D eigenvalue weighted by Gasteiger charge is -2.31. The van der Waals surface area contributed by atoms with Crippen LogP contribution >= 0.6 is 33.0 Å². The second-order valence-electron chi connectivity index (χ2n) is 6.03. The smallest absolute Gasteiger partial charge is 0.399 e. The van der Waals surface area contributed by atoms with Crippen molar-refractivity contribution >= 4 is 38.7 Å². The first-order valence-electron chi connectivity index (χ1n) is 8.53. The molecule has 0 spiro atoms. The van der Waals surface area contributed by atoms with Crippen molar-refractivity contribution < 1.29 is 55.9 Å². The lowest BCUT2D eigenvalue weighted by Crippen LogP contribution is -2.47. The average Bonchev–Trinajstić information content (AvgIpc) is 2.70. The van der Waals surface area contributed by atoms with Crippen LogP contribution in [0.1, 0.15) is 5.56 Å². The molecule has 15 nitrogen and oxygen atoms in total. The summed E-state index contributed by atoms with van der Waals surface area (Å²) >= 11 is 0. The highest BCUT2D eigenvalue weighted by Crippen LogP contribution is 2.23. The zero-order valence-electron chi connectivity index (χ0n) is 16.4. The molecule has 178 valence electrons. The van der Waals surface area contributed by atoms with E-state index in [0.29, 0.717) is 5.69 Å². The molecule has 0 aliphatic rings. The summed E-state index contributed by atoms with van der Waals surface area (Å²) in [6, 6.07) is 5.98. The van der Waals surface area contributed by atoms with E-state index in [1.807, 2.05) is 0 Å². The summed E-state index contributed by atoms with van der Waals surface area (Å²) in [5.74, 6) is 0. The van der Waals surface area contributed by atoms with E-state index in [4.69, 9.17) is 34.4 Å². The Balaban J connectivity index is 3.13. The largest absolute Gasteiger partial charge is 0.696 e. The van der Waals surface area contributed by atoms with Gasteiger partial charge in [-0.1, -0.05) is 12.1 Å². The normalized spacial score (nSPS) is 14.4. The predicted octanol–water partition coefficient (Wildman–Crippen LogP) is 1.28. The first-order valence-corrected chi connectivity index (χ1v) is 13.1. The lowest BCUT2D eigenvalue weighted by molar-refractivity contribution is -0.0198. The van der Waals surface area contributed by atoms with Crippen LogP contribution in [-0.2, 0) is 42.8 Å². The summed E-state index contributed by atoms with van der Waals surface area (Å²) in [6.45, 7) is -2.02. The van der Waals surface area contributed by atoms with Gasteiger partial charge in [0, 0.05) is 36.5 Å². The Kier molecular flexibility index (Phi) is 14.3. The average molecular weight is 537 g/mol. The van der Waals surface area contributed by atoms with Crippen LogP contribution in [0.3, 0.4) is 0 Å². The van der Waals surface area contributed by atoms with Crippen LogP contribution in [-0.4, -0.2) is 68.9 Å². The van der Waals surface area contributed by atoms with Crippen LogP contribution in [0.5, 0.6) is 0 Å². The predicted molar refractivity (Wildman–Crippen MR) is 110 cm³/mol. The van der Waals surface area contributed by atoms with Gasteiger partial charge in [-0.15, -0.1) is 37.7 Å². The molecule has 32 heavy (non-hydrogen) atoms. The number of nitrogen functional groups attached to an aromatic ring is 1. The van der Waals surface area contributed by atoms with Gasteiger partial charge in [0.05, 0.1) is 0 Å². The highest BCUT2D eigenvalue weighted by molar-refractivity contribution is 7.32. The fourth-order valence-electron chi connectivity index (χ4n) is 2.43. The van der Waals surface area contributed by atoms with Gasteiger partial charge in [-0.2, -0.15) is 0 Å². The fraction of sp³-hybridized carbons (Fsp3) is 0.538. The molecule has 19 heteroatoms. The summed E-state index contributed by atoms with van der Waals surface area (Å²) < 4.78 is 62.5. The lowest BCUT2D eigenvalue weighted by atomic mass is 10.0. The number of anilines is 1. The second kappa shape index (κ2) is 15.8. The summed E-state index contributed by atoms with van der Waals surface area (Å²) in [6.07, 6.45) is 0.213. The summed E-state index contributed by atoms with van der Waals surface area (Å²) in [5, 5.41) is 0. The Labute approximate surface area is 186 Å². The molecule has 1 aromatic carbocycles. The molecular weight excluding hydrogens is 514 g/mol. The Hall–Kier alpha value is -0.980. The molecule has 0 aliphatic heterocycles. The van der Waals surface area contributed by atoms with Gasteiger partial charge in [-0.05, 0) is 24.1 Å². The third-order valence-corrected chi connectivity index (χ3v) is 5.15. The second-order valence-corrected chi connectivity index (χ2v) is 8.96. The SMILES string of the molecule is Nc1ccc(CC(CN(CO[P+](=O)O)CO[P+](=O)O)N(CO[P+](=O)O)CO[P+](=O)O)cc1. The molecule has 5 unspecified atom stereocenters. The summed E-state index contributed by atoms with van der Waals surface area (Å²) in [4.78, 5) is 38.3. The van der Waals surface area contributed by atoms with Crippen LogP contribution in [0.15, 0.2) is 24.3 Å². The van der Waals surface area contributed by atoms with Crippen molar-refractivity contribution in [3.8, 4) is 0 Å². The van der Waals surface area contributed by atoms with Crippen LogP contribution in [0, 0.1) is 0 Å². The molecule has 1 aromatic rings. The van der Waals surface area contributed by atoms with Crippen LogP contribution in [0.4, 0.5) is 5.69 Å². The molecule has 0 heterocycles. The Morgan fingerprint density at radius 3 is 1.56 bits per heavy atom. The van der Waals surface area contributed by atoms with Gasteiger partial charge in [0.25, 0.3) is 0 Å². The number of hydrogen-bond acceptors (Lipinski definition) is 11. The third-order valence-electron chi connectivity index (χ3n) is 3.81. The quantitative estimate of drug-likeness (QED) is 0.107. The van der Waals surface area contributed by atoms with E-state index in [9.17, 15) is 18.3 Å². The maximum absolute atomic E-state index is 11.0. The first-order chi connectivity index (χ1) is 15.1. The fourth-order valence-corrected chi connectivity index (χ4v) is 3.45. The van der Waals surface area contributed by atoms with Crippen LogP contribution in [0.2, 0.25) is 0 Å². The topological polar surface area (TPSA) is 219 Å². The van der Waals surface area contributed by atoms with Gasteiger partial charge in [-0.3, -0.25) is 0 Å². The number of nitrogens with zero attached hydrogens (tertiary/aromatic N) is 2. The van der Waals surface area contributed by atoms with Gasteiger partial charge in [0.15, 0.2) is 26.9 Å². The molecule has 1 rings (SSSR count). The molecule has 0 bridgehead atoms. The van der Waals surface area contributed by atoms with Crippen molar-refractivity contribution in [1.82, 2.24) is 9.80 Å². The maximum Gasteiger partial charge on any atom is 0.696 e. The maximum atomic E-state index is 11.0. The number of hydrogen-bond donors (Lipinski definition) is 5. The van der Waals surface area contributed by atoms with Gasteiger partial charge < -0.3 is 5.73 Å². The van der Waals surface area contributed by atoms with E-state index in [-0.39, 0.29) is 13.0 Å². The third kappa shape index (κ3) is 13.5. The molecule has 5 atom stereocenters. The summed E-state index contributed by atoms with van der Waals surface area (Å²) in [7, 11) is -12.0. The van der Waals surface area contributed by atoms with Crippen LogP contribution < -0.4 is 5.73 Å². The number of rotatable bonds is 17. The zero-order valence-corrected chi connectivity index (χ0v) is 20.0. The van der Waals surface area contributed by atoms with Crippen molar-refractivity contribution in [2.24, 2.45) is 0 Å². The Morgan fingerprint density at radius 1 is 0.750 bits per heavy atom. The van der Waals surface area contributed by atoms with E-state index in [1.165, 1.54) is 9.80 Å². The molecule has 0 amide bonds. The molecule has 0 saturated heterocycles. The minimum atomic E-state index is -3.00. The molecule has 0 radical (unpaired) electrons. The standard InChI is InChI=1S/C13H19N3O12P4/c14-12-3-1-11(2-4-12)5-13(16(9-27-31(21)22)10-28-32(23)24)6-15(7-25-29(17)18)8-26-30(19)20/h1-4,13H,5-10,14H2/p+4. The number of nitrogens with two attached hydrogens (primary N) is 1. The van der Waals surface area contributed by atoms with Crippen LogP contribution in [0.25, 0.3) is 0 Å². The van der Waals surface area contributed by atoms with Crippen molar-refractivity contribution in [1.29, 1.82) is 0 Å². The van der Waals surface area contributed by atoms with E-state index >= 15 is 0 Å². The number of benzene rings is 1. The molecule has 0 aromatic heterocycles. The van der Waals surface area contributed by atoms with E-state index in [2.05, 4.69) is 9.05 Å².